The zero-order valence-electron chi connectivity index (χ0n) is 18.5. The molecule has 0 aliphatic carbocycles. The van der Waals surface area contributed by atoms with E-state index in [9.17, 15) is 0 Å². The van der Waals surface area contributed by atoms with Gasteiger partial charge in [-0.3, -0.25) is 9.88 Å². The van der Waals surface area contributed by atoms with Gasteiger partial charge >= 0.3 is 0 Å². The lowest BCUT2D eigenvalue weighted by molar-refractivity contribution is 0.0941. The molecule has 0 saturated carbocycles. The van der Waals surface area contributed by atoms with E-state index in [-0.39, 0.29) is 0 Å². The molecule has 4 aromatic rings. The summed E-state index contributed by atoms with van der Waals surface area (Å²) in [4.78, 5) is 8.42. The van der Waals surface area contributed by atoms with Crippen LogP contribution in [0.1, 0.15) is 29.0 Å². The summed E-state index contributed by atoms with van der Waals surface area (Å²) in [7, 11) is 0. The Kier molecular flexibility index (Phi) is 5.66. The number of para-hydroxylation sites is 1. The van der Waals surface area contributed by atoms with Gasteiger partial charge in [-0.05, 0) is 47.9 Å². The third-order valence-corrected chi connectivity index (χ3v) is 7.73. The van der Waals surface area contributed by atoms with E-state index < -0.39 is 0 Å². The second-order valence-electron chi connectivity index (χ2n) is 8.80. The minimum Gasteiger partial charge on any atom is -0.475 e. The van der Waals surface area contributed by atoms with Gasteiger partial charge in [-0.2, -0.15) is 0 Å². The van der Waals surface area contributed by atoms with Crippen LogP contribution in [0.3, 0.4) is 0 Å². The fourth-order valence-electron chi connectivity index (χ4n) is 4.97. The first-order valence-electron chi connectivity index (χ1n) is 11.6. The number of ether oxygens (including phenoxy) is 1. The van der Waals surface area contributed by atoms with Crippen molar-refractivity contribution in [1.29, 1.82) is 0 Å². The average molecular weight is 454 g/mol. The summed E-state index contributed by atoms with van der Waals surface area (Å²) < 4.78 is 6.29. The highest BCUT2D eigenvalue weighted by atomic mass is 32.2. The van der Waals surface area contributed by atoms with Crippen LogP contribution in [-0.2, 0) is 12.3 Å². The molecule has 1 aromatic heterocycles. The minimum atomic E-state index is 0.568. The molecule has 0 saturated heterocycles. The van der Waals surface area contributed by atoms with Gasteiger partial charge in [0, 0.05) is 59.0 Å². The van der Waals surface area contributed by atoms with E-state index in [4.69, 9.17) is 9.72 Å². The molecule has 0 bridgehead atoms. The molecule has 6 rings (SSSR count). The predicted molar refractivity (Wildman–Crippen MR) is 136 cm³/mol. The van der Waals surface area contributed by atoms with E-state index in [1.165, 1.54) is 32.7 Å². The maximum absolute atomic E-state index is 6.29. The number of pyridine rings is 1. The molecule has 0 radical (unpaired) electrons. The molecule has 3 aromatic carbocycles. The molecule has 0 spiro atoms. The fourth-order valence-corrected chi connectivity index (χ4v) is 5.88. The lowest BCUT2D eigenvalue weighted by atomic mass is 9.97. The molecule has 4 nitrogen and oxygen atoms in total. The fraction of sp³-hybridized carbons (Fsp3) is 0.250. The maximum Gasteiger partial charge on any atom is 0.152 e. The van der Waals surface area contributed by atoms with E-state index in [1.54, 1.807) is 0 Å². The molecule has 1 N–H and O–H groups in total. The first-order chi connectivity index (χ1) is 16.3. The van der Waals surface area contributed by atoms with Crippen molar-refractivity contribution in [2.24, 2.45) is 0 Å². The third kappa shape index (κ3) is 4.19. The van der Waals surface area contributed by atoms with Crippen molar-refractivity contribution in [3.63, 3.8) is 0 Å². The molecular formula is C28H27N3OS. The number of hydrogen-bond donors (Lipinski definition) is 1. The zero-order chi connectivity index (χ0) is 22.0. The van der Waals surface area contributed by atoms with Crippen molar-refractivity contribution in [2.75, 3.05) is 25.1 Å². The van der Waals surface area contributed by atoms with Crippen LogP contribution < -0.4 is 10.1 Å². The quantitative estimate of drug-likeness (QED) is 0.348. The SMILES string of the molecule is c1ccc(SCc2cc3c(c4ncccc24)OCN(CCC2CNc4ccccc42)C3)cc1. The molecule has 166 valence electrons. The summed E-state index contributed by atoms with van der Waals surface area (Å²) >= 11 is 1.87. The third-order valence-electron chi connectivity index (χ3n) is 6.67. The molecule has 0 amide bonds. The number of fused-ring (bicyclic) bond motifs is 4. The van der Waals surface area contributed by atoms with Crippen molar-refractivity contribution in [2.45, 2.75) is 29.5 Å². The number of anilines is 1. The number of nitrogens with one attached hydrogen (secondary N) is 1. The molecular weight excluding hydrogens is 426 g/mol. The number of nitrogens with zero attached hydrogens (tertiary/aromatic N) is 2. The summed E-state index contributed by atoms with van der Waals surface area (Å²) in [6.45, 7) is 3.58. The van der Waals surface area contributed by atoms with Gasteiger partial charge in [0.2, 0.25) is 0 Å². The van der Waals surface area contributed by atoms with Crippen LogP contribution in [0.5, 0.6) is 5.75 Å². The van der Waals surface area contributed by atoms with E-state index in [0.29, 0.717) is 12.6 Å². The van der Waals surface area contributed by atoms with Gasteiger partial charge < -0.3 is 10.1 Å². The molecule has 1 unspecified atom stereocenters. The monoisotopic (exact) mass is 453 g/mol. The first-order valence-corrected chi connectivity index (χ1v) is 12.6. The van der Waals surface area contributed by atoms with Crippen molar-refractivity contribution < 1.29 is 4.74 Å². The van der Waals surface area contributed by atoms with Gasteiger partial charge in [-0.15, -0.1) is 11.8 Å². The van der Waals surface area contributed by atoms with Gasteiger partial charge in [0.25, 0.3) is 0 Å². The summed E-state index contributed by atoms with van der Waals surface area (Å²) in [5.74, 6) is 2.45. The standard InChI is InChI=1S/C28H27N3OS/c1-2-7-23(8-3-1)33-18-22-15-21-17-31(19-32-28(21)27-25(22)10-6-13-29-27)14-12-20-16-30-26-11-5-4-9-24(20)26/h1-11,13,15,20,30H,12,14,16-19H2. The highest BCUT2D eigenvalue weighted by Crippen LogP contribution is 2.38. The van der Waals surface area contributed by atoms with Crippen molar-refractivity contribution >= 4 is 28.4 Å². The van der Waals surface area contributed by atoms with Gasteiger partial charge in [0.15, 0.2) is 5.75 Å². The van der Waals surface area contributed by atoms with Crippen molar-refractivity contribution in [3.05, 3.63) is 95.7 Å². The molecule has 3 heterocycles. The van der Waals surface area contributed by atoms with Crippen LogP contribution in [0.25, 0.3) is 10.9 Å². The van der Waals surface area contributed by atoms with Crippen molar-refractivity contribution in [1.82, 2.24) is 9.88 Å². The number of benzene rings is 3. The summed E-state index contributed by atoms with van der Waals surface area (Å²) in [6.07, 6.45) is 3.00. The topological polar surface area (TPSA) is 37.4 Å². The second-order valence-corrected chi connectivity index (χ2v) is 9.85. The van der Waals surface area contributed by atoms with Crippen molar-refractivity contribution in [3.8, 4) is 5.75 Å². The summed E-state index contributed by atoms with van der Waals surface area (Å²) in [5.41, 5.74) is 6.31. The Labute approximate surface area is 199 Å². The molecule has 1 atom stereocenters. The van der Waals surface area contributed by atoms with E-state index in [2.05, 4.69) is 76.9 Å². The minimum absolute atomic E-state index is 0.568. The Hall–Kier alpha value is -3.02. The van der Waals surface area contributed by atoms with Crippen LogP contribution >= 0.6 is 11.8 Å². The highest BCUT2D eigenvalue weighted by molar-refractivity contribution is 7.98. The van der Waals surface area contributed by atoms with Gasteiger partial charge in [-0.25, -0.2) is 0 Å². The molecule has 33 heavy (non-hydrogen) atoms. The van der Waals surface area contributed by atoms with E-state index in [1.807, 2.05) is 24.0 Å². The number of hydrogen-bond acceptors (Lipinski definition) is 5. The Morgan fingerprint density at radius 1 is 1.03 bits per heavy atom. The number of rotatable bonds is 6. The van der Waals surface area contributed by atoms with E-state index >= 15 is 0 Å². The van der Waals surface area contributed by atoms with Crippen LogP contribution in [0.2, 0.25) is 0 Å². The van der Waals surface area contributed by atoms with Crippen LogP contribution in [0, 0.1) is 0 Å². The second kappa shape index (κ2) is 9.08. The zero-order valence-corrected chi connectivity index (χ0v) is 19.4. The van der Waals surface area contributed by atoms with Crippen LogP contribution in [0.15, 0.2) is 83.9 Å². The maximum atomic E-state index is 6.29. The Morgan fingerprint density at radius 3 is 2.85 bits per heavy atom. The largest absolute Gasteiger partial charge is 0.475 e. The Balaban J connectivity index is 1.20. The molecule has 5 heteroatoms. The van der Waals surface area contributed by atoms with Gasteiger partial charge in [0.05, 0.1) is 0 Å². The average Bonchev–Trinajstić information content (AvgIpc) is 3.29. The molecule has 2 aliphatic heterocycles. The van der Waals surface area contributed by atoms with E-state index in [0.717, 1.165) is 43.1 Å². The van der Waals surface area contributed by atoms with Gasteiger partial charge in [0.1, 0.15) is 12.2 Å². The Morgan fingerprint density at radius 2 is 1.91 bits per heavy atom. The van der Waals surface area contributed by atoms with Crippen LogP contribution in [-0.4, -0.2) is 29.7 Å². The van der Waals surface area contributed by atoms with Gasteiger partial charge in [-0.1, -0.05) is 42.5 Å². The molecule has 0 fully saturated rings. The first kappa shape index (κ1) is 20.6. The normalized spacial score (nSPS) is 17.3. The lowest BCUT2D eigenvalue weighted by Crippen LogP contribution is -2.33. The Bertz CT molecular complexity index is 1280. The summed E-state index contributed by atoms with van der Waals surface area (Å²) in [5, 5.41) is 4.74. The molecule has 2 aliphatic rings. The number of thioether (sulfide) groups is 1. The highest BCUT2D eigenvalue weighted by Gasteiger charge is 2.25. The van der Waals surface area contributed by atoms with Crippen LogP contribution in [0.4, 0.5) is 5.69 Å². The predicted octanol–water partition coefficient (Wildman–Crippen LogP) is 6.28. The number of aromatic nitrogens is 1. The lowest BCUT2D eigenvalue weighted by Gasteiger charge is -2.30. The smallest absolute Gasteiger partial charge is 0.152 e. The summed E-state index contributed by atoms with van der Waals surface area (Å²) in [6, 6.07) is 25.8.